The first-order chi connectivity index (χ1) is 9.92. The van der Waals surface area contributed by atoms with Crippen LogP contribution in [0.25, 0.3) is 0 Å². The zero-order valence-corrected chi connectivity index (χ0v) is 11.8. The molecule has 1 aromatic carbocycles. The topological polar surface area (TPSA) is 84.7 Å². The van der Waals surface area contributed by atoms with Crippen LogP contribution in [-0.2, 0) is 4.79 Å². The lowest BCUT2D eigenvalue weighted by atomic mass is 10.1. The number of nitro groups is 1. The predicted octanol–water partition coefficient (Wildman–Crippen LogP) is 1.78. The summed E-state index contributed by atoms with van der Waals surface area (Å²) in [6, 6.07) is 2.00. The van der Waals surface area contributed by atoms with Crippen LogP contribution in [0.4, 0.5) is 15.8 Å². The third-order valence-corrected chi connectivity index (χ3v) is 3.45. The SMILES string of the molecule is COc1cc(N[C@@H]2CCC(=O)N(C)C2)c(F)cc1[N+](=O)[O-]. The molecule has 1 saturated heterocycles. The van der Waals surface area contributed by atoms with E-state index in [1.165, 1.54) is 13.2 Å². The number of rotatable bonds is 4. The van der Waals surface area contributed by atoms with Gasteiger partial charge in [-0.1, -0.05) is 0 Å². The van der Waals surface area contributed by atoms with Gasteiger partial charge in [-0.15, -0.1) is 0 Å². The number of methoxy groups -OCH3 is 1. The van der Waals surface area contributed by atoms with Gasteiger partial charge in [-0.3, -0.25) is 14.9 Å². The average Bonchev–Trinajstić information content (AvgIpc) is 2.44. The molecule has 114 valence electrons. The molecule has 1 atom stereocenters. The molecule has 7 nitrogen and oxygen atoms in total. The molecule has 1 heterocycles. The molecule has 0 saturated carbocycles. The molecular formula is C13H16FN3O4. The number of anilines is 1. The predicted molar refractivity (Wildman–Crippen MR) is 73.9 cm³/mol. The van der Waals surface area contributed by atoms with Gasteiger partial charge in [0.2, 0.25) is 5.91 Å². The van der Waals surface area contributed by atoms with Crippen LogP contribution < -0.4 is 10.1 Å². The quantitative estimate of drug-likeness (QED) is 0.676. The van der Waals surface area contributed by atoms with Crippen molar-refractivity contribution in [1.29, 1.82) is 0 Å². The summed E-state index contributed by atoms with van der Waals surface area (Å²) in [6.07, 6.45) is 0.974. The highest BCUT2D eigenvalue weighted by molar-refractivity contribution is 5.77. The van der Waals surface area contributed by atoms with Crippen molar-refractivity contribution in [2.45, 2.75) is 18.9 Å². The molecular weight excluding hydrogens is 281 g/mol. The molecule has 0 radical (unpaired) electrons. The average molecular weight is 297 g/mol. The number of benzene rings is 1. The molecule has 1 aliphatic heterocycles. The summed E-state index contributed by atoms with van der Waals surface area (Å²) >= 11 is 0. The van der Waals surface area contributed by atoms with E-state index in [0.717, 1.165) is 6.07 Å². The van der Waals surface area contributed by atoms with Crippen molar-refractivity contribution in [3.8, 4) is 5.75 Å². The number of nitro benzene ring substituents is 1. The minimum atomic E-state index is -0.720. The first kappa shape index (κ1) is 15.0. The van der Waals surface area contributed by atoms with E-state index in [1.54, 1.807) is 11.9 Å². The van der Waals surface area contributed by atoms with E-state index in [9.17, 15) is 19.3 Å². The Hall–Kier alpha value is -2.38. The minimum Gasteiger partial charge on any atom is -0.490 e. The highest BCUT2D eigenvalue weighted by Crippen LogP contribution is 2.33. The Bertz CT molecular complexity index is 579. The number of nitrogens with one attached hydrogen (secondary N) is 1. The van der Waals surface area contributed by atoms with Crippen LogP contribution in [-0.4, -0.2) is 42.5 Å². The number of ether oxygens (including phenoxy) is 1. The lowest BCUT2D eigenvalue weighted by Gasteiger charge is -2.30. The van der Waals surface area contributed by atoms with Crippen LogP contribution in [0.1, 0.15) is 12.8 Å². The normalized spacial score (nSPS) is 18.5. The lowest BCUT2D eigenvalue weighted by Crippen LogP contribution is -2.43. The van der Waals surface area contributed by atoms with Gasteiger partial charge in [0, 0.05) is 32.1 Å². The van der Waals surface area contributed by atoms with Crippen molar-refractivity contribution in [1.82, 2.24) is 4.90 Å². The first-order valence-electron chi connectivity index (χ1n) is 6.44. The number of nitrogens with zero attached hydrogens (tertiary/aromatic N) is 2. The van der Waals surface area contributed by atoms with Gasteiger partial charge in [-0.2, -0.15) is 0 Å². The summed E-state index contributed by atoms with van der Waals surface area (Å²) in [4.78, 5) is 23.1. The molecule has 1 aliphatic rings. The maximum absolute atomic E-state index is 14.0. The van der Waals surface area contributed by atoms with E-state index in [-0.39, 0.29) is 23.4 Å². The number of carbonyl (C=O) groups is 1. The van der Waals surface area contributed by atoms with Crippen molar-refractivity contribution in [2.24, 2.45) is 0 Å². The number of piperidine rings is 1. The lowest BCUT2D eigenvalue weighted by molar-refractivity contribution is -0.385. The first-order valence-corrected chi connectivity index (χ1v) is 6.44. The molecule has 21 heavy (non-hydrogen) atoms. The molecule has 1 N–H and O–H groups in total. The Kier molecular flexibility index (Phi) is 4.25. The van der Waals surface area contributed by atoms with Crippen LogP contribution in [0.15, 0.2) is 12.1 Å². The monoisotopic (exact) mass is 297 g/mol. The number of likely N-dealkylation sites (tertiary alicyclic amines) is 1. The van der Waals surface area contributed by atoms with Gasteiger partial charge in [-0.25, -0.2) is 4.39 Å². The van der Waals surface area contributed by atoms with Gasteiger partial charge >= 0.3 is 5.69 Å². The van der Waals surface area contributed by atoms with Gasteiger partial charge in [0.1, 0.15) is 0 Å². The van der Waals surface area contributed by atoms with Crippen molar-refractivity contribution in [2.75, 3.05) is 26.0 Å². The number of amides is 1. The molecule has 0 spiro atoms. The zero-order chi connectivity index (χ0) is 15.6. The second-order valence-corrected chi connectivity index (χ2v) is 4.92. The number of halogens is 1. The Balaban J connectivity index is 2.20. The molecule has 1 fully saturated rings. The Morgan fingerprint density at radius 1 is 1.52 bits per heavy atom. The fourth-order valence-electron chi connectivity index (χ4n) is 2.31. The van der Waals surface area contributed by atoms with Crippen LogP contribution in [0.5, 0.6) is 5.75 Å². The maximum atomic E-state index is 14.0. The minimum absolute atomic E-state index is 0.0101. The van der Waals surface area contributed by atoms with Gasteiger partial charge in [-0.05, 0) is 6.42 Å². The Labute approximate surface area is 120 Å². The van der Waals surface area contributed by atoms with E-state index in [1.807, 2.05) is 0 Å². The van der Waals surface area contributed by atoms with E-state index >= 15 is 0 Å². The summed E-state index contributed by atoms with van der Waals surface area (Å²) < 4.78 is 18.9. The summed E-state index contributed by atoms with van der Waals surface area (Å²) in [5, 5.41) is 13.8. The van der Waals surface area contributed by atoms with Crippen LogP contribution in [0.3, 0.4) is 0 Å². The fourth-order valence-corrected chi connectivity index (χ4v) is 2.31. The van der Waals surface area contributed by atoms with E-state index in [4.69, 9.17) is 4.74 Å². The van der Waals surface area contributed by atoms with E-state index in [2.05, 4.69) is 5.32 Å². The summed E-state index contributed by atoms with van der Waals surface area (Å²) in [6.45, 7) is 0.456. The number of likely N-dealkylation sites (N-methyl/N-ethyl adjacent to an activating group) is 1. The van der Waals surface area contributed by atoms with Crippen molar-refractivity contribution >= 4 is 17.3 Å². The van der Waals surface area contributed by atoms with Gasteiger partial charge in [0.05, 0.1) is 23.8 Å². The molecule has 1 amide bonds. The highest BCUT2D eigenvalue weighted by Gasteiger charge is 2.25. The molecule has 0 aliphatic carbocycles. The van der Waals surface area contributed by atoms with E-state index in [0.29, 0.717) is 19.4 Å². The largest absolute Gasteiger partial charge is 0.490 e. The summed E-state index contributed by atoms with van der Waals surface area (Å²) in [5.74, 6) is -0.680. The number of hydrogen-bond acceptors (Lipinski definition) is 5. The smallest absolute Gasteiger partial charge is 0.313 e. The molecule has 2 rings (SSSR count). The number of hydrogen-bond donors (Lipinski definition) is 1. The molecule has 8 heteroatoms. The summed E-state index contributed by atoms with van der Waals surface area (Å²) in [5.41, 5.74) is -0.290. The Morgan fingerprint density at radius 2 is 2.24 bits per heavy atom. The van der Waals surface area contributed by atoms with E-state index < -0.39 is 16.4 Å². The zero-order valence-electron chi connectivity index (χ0n) is 11.8. The molecule has 0 unspecified atom stereocenters. The van der Waals surface area contributed by atoms with Crippen LogP contribution in [0.2, 0.25) is 0 Å². The van der Waals surface area contributed by atoms with Gasteiger partial charge < -0.3 is 15.0 Å². The fraction of sp³-hybridized carbons (Fsp3) is 0.462. The van der Waals surface area contributed by atoms with Crippen molar-refractivity contribution < 1.29 is 18.8 Å². The second-order valence-electron chi connectivity index (χ2n) is 4.92. The van der Waals surface area contributed by atoms with Crippen LogP contribution >= 0.6 is 0 Å². The standard InChI is InChI=1S/C13H16FN3O4/c1-16-7-8(3-4-13(16)18)15-10-6-12(21-2)11(17(19)20)5-9(10)14/h5-6,8,15H,3-4,7H2,1-2H3/t8-/m1/s1. The van der Waals surface area contributed by atoms with Crippen molar-refractivity contribution in [3.63, 3.8) is 0 Å². The van der Waals surface area contributed by atoms with Crippen LogP contribution in [0, 0.1) is 15.9 Å². The molecule has 0 aromatic heterocycles. The third kappa shape index (κ3) is 3.21. The highest BCUT2D eigenvalue weighted by atomic mass is 19.1. The van der Waals surface area contributed by atoms with Gasteiger partial charge in [0.15, 0.2) is 11.6 Å². The third-order valence-electron chi connectivity index (χ3n) is 3.45. The molecule has 1 aromatic rings. The maximum Gasteiger partial charge on any atom is 0.313 e. The Morgan fingerprint density at radius 3 is 2.81 bits per heavy atom. The summed E-state index contributed by atoms with van der Waals surface area (Å²) in [7, 11) is 2.97. The number of carbonyl (C=O) groups excluding carboxylic acids is 1. The molecule has 0 bridgehead atoms. The second kappa shape index (κ2) is 5.94. The van der Waals surface area contributed by atoms with Crippen molar-refractivity contribution in [3.05, 3.63) is 28.1 Å². The van der Waals surface area contributed by atoms with Gasteiger partial charge in [0.25, 0.3) is 0 Å².